The quantitative estimate of drug-likeness (QED) is 0.844. The fraction of sp³-hybridized carbons (Fsp3) is 0.529. The molecule has 110 valence electrons. The van der Waals surface area contributed by atoms with Crippen molar-refractivity contribution in [1.82, 2.24) is 5.06 Å². The van der Waals surface area contributed by atoms with E-state index in [-0.39, 0.29) is 17.2 Å². The van der Waals surface area contributed by atoms with Gasteiger partial charge in [-0.2, -0.15) is 5.06 Å². The van der Waals surface area contributed by atoms with Crippen molar-refractivity contribution in [3.05, 3.63) is 42.5 Å². The van der Waals surface area contributed by atoms with Crippen LogP contribution in [0, 0.1) is 0 Å². The average Bonchev–Trinajstić information content (AvgIpc) is 2.36. The van der Waals surface area contributed by atoms with Crippen LogP contribution in [0.2, 0.25) is 0 Å². The number of benzene rings is 1. The molecule has 1 N–H and O–H groups in total. The molecule has 0 bridgehead atoms. The van der Waals surface area contributed by atoms with E-state index in [9.17, 15) is 5.21 Å². The maximum absolute atomic E-state index is 10.3. The van der Waals surface area contributed by atoms with Gasteiger partial charge in [-0.05, 0) is 27.7 Å². The lowest BCUT2D eigenvalue weighted by Crippen LogP contribution is -2.60. The minimum Gasteiger partial charge on any atom is -0.490 e. The van der Waals surface area contributed by atoms with Gasteiger partial charge in [0.2, 0.25) is 0 Å². The third-order valence-electron chi connectivity index (χ3n) is 4.01. The maximum atomic E-state index is 10.3. The first-order chi connectivity index (χ1) is 9.22. The van der Waals surface area contributed by atoms with E-state index in [2.05, 4.69) is 6.58 Å². The molecule has 0 amide bonds. The Bertz CT molecular complexity index is 461. The summed E-state index contributed by atoms with van der Waals surface area (Å²) in [7, 11) is 0. The molecule has 0 aromatic heterocycles. The van der Waals surface area contributed by atoms with Crippen molar-refractivity contribution in [2.75, 3.05) is 0 Å². The van der Waals surface area contributed by atoms with E-state index in [0.717, 1.165) is 18.4 Å². The van der Waals surface area contributed by atoms with Crippen LogP contribution in [0.3, 0.4) is 0 Å². The van der Waals surface area contributed by atoms with Crippen LogP contribution in [-0.2, 0) is 4.74 Å². The van der Waals surface area contributed by atoms with Gasteiger partial charge in [-0.1, -0.05) is 36.9 Å². The molecule has 1 fully saturated rings. The van der Waals surface area contributed by atoms with Crippen molar-refractivity contribution in [2.45, 2.75) is 57.7 Å². The number of piperidine rings is 1. The third kappa shape index (κ3) is 3.05. The molecule has 1 aromatic carbocycles. The van der Waals surface area contributed by atoms with E-state index in [1.54, 1.807) is 0 Å². The fourth-order valence-corrected chi connectivity index (χ4v) is 3.16. The first-order valence-corrected chi connectivity index (χ1v) is 7.12. The summed E-state index contributed by atoms with van der Waals surface area (Å²) in [5.41, 5.74) is 0.404. The van der Waals surface area contributed by atoms with Gasteiger partial charge in [-0.3, -0.25) is 0 Å². The first kappa shape index (κ1) is 15.1. The SMILES string of the molecule is C=C(OC1CC(C)(C)N(O)C(C)(C)C1)c1ccccc1. The van der Waals surface area contributed by atoms with E-state index in [1.807, 2.05) is 58.0 Å². The minimum atomic E-state index is -0.302. The molecular formula is C17H25NO2. The van der Waals surface area contributed by atoms with Crippen LogP contribution in [0.1, 0.15) is 46.1 Å². The van der Waals surface area contributed by atoms with Gasteiger partial charge in [0.1, 0.15) is 11.9 Å². The third-order valence-corrected chi connectivity index (χ3v) is 4.01. The molecule has 1 heterocycles. The van der Waals surface area contributed by atoms with Crippen LogP contribution in [-0.4, -0.2) is 27.5 Å². The van der Waals surface area contributed by atoms with Crippen molar-refractivity contribution < 1.29 is 9.94 Å². The predicted octanol–water partition coefficient (Wildman–Crippen LogP) is 4.08. The molecule has 0 spiro atoms. The molecular weight excluding hydrogens is 250 g/mol. The van der Waals surface area contributed by atoms with Crippen molar-refractivity contribution in [1.29, 1.82) is 0 Å². The normalized spacial score (nSPS) is 22.4. The van der Waals surface area contributed by atoms with Gasteiger partial charge in [-0.25, -0.2) is 0 Å². The predicted molar refractivity (Wildman–Crippen MR) is 81.4 cm³/mol. The Hall–Kier alpha value is -1.32. The van der Waals surface area contributed by atoms with Gasteiger partial charge in [0.05, 0.1) is 0 Å². The molecule has 20 heavy (non-hydrogen) atoms. The molecule has 0 aliphatic carbocycles. The topological polar surface area (TPSA) is 32.7 Å². The first-order valence-electron chi connectivity index (χ1n) is 7.12. The number of hydrogen-bond donors (Lipinski definition) is 1. The Morgan fingerprint density at radius 1 is 1.15 bits per heavy atom. The summed E-state index contributed by atoms with van der Waals surface area (Å²) < 4.78 is 6.06. The van der Waals surface area contributed by atoms with E-state index in [1.165, 1.54) is 5.06 Å². The summed E-state index contributed by atoms with van der Waals surface area (Å²) in [4.78, 5) is 0. The van der Waals surface area contributed by atoms with Crippen LogP contribution in [0.25, 0.3) is 5.76 Å². The fourth-order valence-electron chi connectivity index (χ4n) is 3.16. The summed E-state index contributed by atoms with van der Waals surface area (Å²) in [5, 5.41) is 11.8. The summed E-state index contributed by atoms with van der Waals surface area (Å²) >= 11 is 0. The molecule has 3 nitrogen and oxygen atoms in total. The standard InChI is InChI=1S/C17H25NO2/c1-13(14-9-7-6-8-10-14)20-15-11-16(2,3)18(19)17(4,5)12-15/h6-10,15,19H,1,11-12H2,2-5H3. The van der Waals surface area contributed by atoms with Gasteiger partial charge in [0.25, 0.3) is 0 Å². The largest absolute Gasteiger partial charge is 0.490 e. The lowest BCUT2D eigenvalue weighted by atomic mass is 9.80. The van der Waals surface area contributed by atoms with Crippen LogP contribution in [0.4, 0.5) is 0 Å². The molecule has 1 saturated heterocycles. The molecule has 0 saturated carbocycles. The molecule has 1 aromatic rings. The van der Waals surface area contributed by atoms with Crippen molar-refractivity contribution in [3.63, 3.8) is 0 Å². The lowest BCUT2D eigenvalue weighted by molar-refractivity contribution is -0.256. The van der Waals surface area contributed by atoms with E-state index in [4.69, 9.17) is 4.74 Å². The van der Waals surface area contributed by atoms with Gasteiger partial charge < -0.3 is 9.94 Å². The summed E-state index contributed by atoms with van der Waals surface area (Å²) in [5.74, 6) is 0.702. The Balaban J connectivity index is 2.09. The molecule has 0 radical (unpaired) electrons. The van der Waals surface area contributed by atoms with Gasteiger partial charge in [-0.15, -0.1) is 0 Å². The highest BCUT2D eigenvalue weighted by Gasteiger charge is 2.46. The van der Waals surface area contributed by atoms with Crippen LogP contribution >= 0.6 is 0 Å². The van der Waals surface area contributed by atoms with Crippen molar-refractivity contribution in [2.24, 2.45) is 0 Å². The smallest absolute Gasteiger partial charge is 0.119 e. The van der Waals surface area contributed by atoms with Crippen molar-refractivity contribution >= 4 is 5.76 Å². The zero-order valence-corrected chi connectivity index (χ0v) is 12.9. The van der Waals surface area contributed by atoms with Gasteiger partial charge in [0.15, 0.2) is 0 Å². The molecule has 1 aliphatic rings. The zero-order chi connectivity index (χ0) is 15.0. The molecule has 3 heteroatoms. The molecule has 0 atom stereocenters. The van der Waals surface area contributed by atoms with Crippen LogP contribution in [0.15, 0.2) is 36.9 Å². The lowest BCUT2D eigenvalue weighted by Gasteiger charge is -2.51. The highest BCUT2D eigenvalue weighted by molar-refractivity contribution is 5.57. The van der Waals surface area contributed by atoms with Crippen molar-refractivity contribution in [3.8, 4) is 0 Å². The van der Waals surface area contributed by atoms with E-state index >= 15 is 0 Å². The summed E-state index contributed by atoms with van der Waals surface area (Å²) in [6, 6.07) is 9.94. The van der Waals surface area contributed by atoms with E-state index in [0.29, 0.717) is 5.76 Å². The Labute approximate surface area is 121 Å². The second kappa shape index (κ2) is 5.23. The van der Waals surface area contributed by atoms with Crippen LogP contribution in [0.5, 0.6) is 0 Å². The molecule has 0 unspecified atom stereocenters. The highest BCUT2D eigenvalue weighted by Crippen LogP contribution is 2.39. The highest BCUT2D eigenvalue weighted by atomic mass is 16.5. The number of nitrogens with zero attached hydrogens (tertiary/aromatic N) is 1. The van der Waals surface area contributed by atoms with Gasteiger partial charge in [0, 0.05) is 29.5 Å². The Morgan fingerprint density at radius 3 is 2.15 bits per heavy atom. The van der Waals surface area contributed by atoms with E-state index < -0.39 is 0 Å². The Kier molecular flexibility index (Phi) is 3.94. The number of ether oxygens (including phenoxy) is 1. The second-order valence-electron chi connectivity index (χ2n) is 6.87. The second-order valence-corrected chi connectivity index (χ2v) is 6.87. The monoisotopic (exact) mass is 275 g/mol. The van der Waals surface area contributed by atoms with Crippen LogP contribution < -0.4 is 0 Å². The maximum Gasteiger partial charge on any atom is 0.119 e. The average molecular weight is 275 g/mol. The summed E-state index contributed by atoms with van der Waals surface area (Å²) in [6.45, 7) is 12.2. The number of hydroxylamine groups is 2. The minimum absolute atomic E-state index is 0.0658. The van der Waals surface area contributed by atoms with Gasteiger partial charge >= 0.3 is 0 Å². The molecule has 2 rings (SSSR count). The Morgan fingerprint density at radius 2 is 1.65 bits per heavy atom. The zero-order valence-electron chi connectivity index (χ0n) is 12.9. The number of rotatable bonds is 3. The number of hydrogen-bond acceptors (Lipinski definition) is 3. The summed E-state index contributed by atoms with van der Waals surface area (Å²) in [6.07, 6.45) is 1.62. The molecule has 1 aliphatic heterocycles.